The van der Waals surface area contributed by atoms with Crippen LogP contribution in [-0.2, 0) is 16.6 Å². The molecule has 1 atom stereocenters. The molecule has 0 aliphatic rings. The number of fused-ring (bicyclic) bond motifs is 1. The van der Waals surface area contributed by atoms with Gasteiger partial charge in [-0.1, -0.05) is 30.3 Å². The van der Waals surface area contributed by atoms with Gasteiger partial charge in [-0.3, -0.25) is 0 Å². The Kier molecular flexibility index (Phi) is 6.87. The fraction of sp³-hybridized carbons (Fsp3) is 0.318. The largest absolute Gasteiger partial charge is 0.490 e. The molecule has 0 aliphatic heterocycles. The highest BCUT2D eigenvalue weighted by Gasteiger charge is 2.21. The summed E-state index contributed by atoms with van der Waals surface area (Å²) in [6.45, 7) is 4.30. The van der Waals surface area contributed by atoms with Gasteiger partial charge in [0.25, 0.3) is 0 Å². The molecule has 0 bridgehead atoms. The van der Waals surface area contributed by atoms with Crippen molar-refractivity contribution in [2.75, 3.05) is 20.7 Å². The maximum Gasteiger partial charge on any atom is 0.315 e. The number of nitrogens with one attached hydrogen (secondary N) is 2. The lowest BCUT2D eigenvalue weighted by Gasteiger charge is -2.16. The van der Waals surface area contributed by atoms with Crippen molar-refractivity contribution in [1.82, 2.24) is 14.9 Å². The van der Waals surface area contributed by atoms with Crippen LogP contribution in [0.5, 0.6) is 5.75 Å². The first-order chi connectivity index (χ1) is 14.7. The van der Waals surface area contributed by atoms with E-state index in [1.807, 2.05) is 38.1 Å². The third-order valence-electron chi connectivity index (χ3n) is 4.77. The molecule has 0 radical (unpaired) electrons. The van der Waals surface area contributed by atoms with Gasteiger partial charge in [-0.25, -0.2) is 17.5 Å². The third kappa shape index (κ3) is 5.00. The number of hydrogen-bond acceptors (Lipinski definition) is 5. The van der Waals surface area contributed by atoms with Crippen molar-refractivity contribution in [2.24, 2.45) is 0 Å². The highest BCUT2D eigenvalue weighted by molar-refractivity contribution is 7.89. The van der Waals surface area contributed by atoms with Gasteiger partial charge in [0.15, 0.2) is 11.3 Å². The van der Waals surface area contributed by atoms with Crippen LogP contribution in [0.2, 0.25) is 0 Å². The molecule has 1 unspecified atom stereocenters. The summed E-state index contributed by atoms with van der Waals surface area (Å²) < 4.78 is 37.6. The Balaban J connectivity index is 1.69. The molecule has 0 fully saturated rings. The Morgan fingerprint density at radius 2 is 1.90 bits per heavy atom. The van der Waals surface area contributed by atoms with Crippen molar-refractivity contribution in [3.8, 4) is 5.75 Å². The number of nitrogens with zero attached hydrogens (tertiary/aromatic N) is 1. The number of amides is 2. The van der Waals surface area contributed by atoms with E-state index in [0.29, 0.717) is 29.3 Å². The highest BCUT2D eigenvalue weighted by atomic mass is 32.2. The first kappa shape index (κ1) is 22.6. The number of urea groups is 1. The van der Waals surface area contributed by atoms with E-state index < -0.39 is 22.1 Å². The molecule has 166 valence electrons. The molecular weight excluding hydrogens is 418 g/mol. The summed E-state index contributed by atoms with van der Waals surface area (Å²) in [6.07, 6.45) is 0. The number of carbonyl (C=O) groups excluding carboxylic acids is 1. The van der Waals surface area contributed by atoms with Crippen LogP contribution < -0.4 is 15.4 Å². The summed E-state index contributed by atoms with van der Waals surface area (Å²) in [5.74, 6) is 1.24. The summed E-state index contributed by atoms with van der Waals surface area (Å²) in [5, 5.41) is 6.42. The molecule has 3 rings (SSSR count). The van der Waals surface area contributed by atoms with Crippen LogP contribution in [0.25, 0.3) is 11.0 Å². The Hall–Kier alpha value is -3.04. The zero-order valence-electron chi connectivity index (χ0n) is 18.0. The van der Waals surface area contributed by atoms with E-state index in [0.717, 1.165) is 9.69 Å². The van der Waals surface area contributed by atoms with Crippen molar-refractivity contribution < 1.29 is 22.4 Å². The van der Waals surface area contributed by atoms with Gasteiger partial charge in [0.05, 0.1) is 17.5 Å². The predicted molar refractivity (Wildman–Crippen MR) is 118 cm³/mol. The van der Waals surface area contributed by atoms with E-state index in [9.17, 15) is 13.2 Å². The van der Waals surface area contributed by atoms with Crippen LogP contribution in [0.3, 0.4) is 0 Å². The van der Waals surface area contributed by atoms with Gasteiger partial charge in [0, 0.05) is 26.0 Å². The molecule has 1 aromatic heterocycles. The maximum atomic E-state index is 12.5. The highest BCUT2D eigenvalue weighted by Crippen LogP contribution is 2.31. The fourth-order valence-corrected chi connectivity index (χ4v) is 4.25. The fourth-order valence-electron chi connectivity index (χ4n) is 3.13. The first-order valence-corrected chi connectivity index (χ1v) is 11.4. The average Bonchev–Trinajstić information content (AvgIpc) is 3.18. The summed E-state index contributed by atoms with van der Waals surface area (Å²) in [6, 6.07) is 13.3. The lowest BCUT2D eigenvalue weighted by molar-refractivity contribution is 0.236. The van der Waals surface area contributed by atoms with Crippen LogP contribution in [0.4, 0.5) is 4.79 Å². The van der Waals surface area contributed by atoms with Gasteiger partial charge in [-0.05, 0) is 37.6 Å². The summed E-state index contributed by atoms with van der Waals surface area (Å²) in [7, 11) is -0.670. The van der Waals surface area contributed by atoms with Crippen molar-refractivity contribution >= 4 is 27.0 Å². The molecule has 0 spiro atoms. The van der Waals surface area contributed by atoms with Crippen molar-refractivity contribution in [3.63, 3.8) is 0 Å². The number of para-hydroxylation sites is 1. The maximum absolute atomic E-state index is 12.5. The van der Waals surface area contributed by atoms with E-state index in [-0.39, 0.29) is 11.4 Å². The average molecular weight is 446 g/mol. The van der Waals surface area contributed by atoms with E-state index in [1.54, 1.807) is 18.2 Å². The van der Waals surface area contributed by atoms with Gasteiger partial charge < -0.3 is 19.8 Å². The van der Waals surface area contributed by atoms with Gasteiger partial charge >= 0.3 is 6.03 Å². The second-order valence-electron chi connectivity index (χ2n) is 7.20. The molecule has 0 saturated carbocycles. The Morgan fingerprint density at radius 1 is 1.16 bits per heavy atom. The molecular formula is C22H27N3O5S. The lowest BCUT2D eigenvalue weighted by Crippen LogP contribution is -2.37. The second kappa shape index (κ2) is 9.40. The number of furan rings is 1. The van der Waals surface area contributed by atoms with Crippen molar-refractivity contribution in [2.45, 2.75) is 31.3 Å². The minimum absolute atomic E-state index is 0.0659. The number of rotatable bonds is 8. The van der Waals surface area contributed by atoms with Crippen LogP contribution in [0.15, 0.2) is 57.8 Å². The predicted octanol–water partition coefficient (Wildman–Crippen LogP) is 3.64. The SMILES string of the molecule is CCOc1cccc2cc(C(C)NC(=O)NCc3ccccc3S(=O)(=O)N(C)C)oc12. The zero-order valence-corrected chi connectivity index (χ0v) is 18.8. The topological polar surface area (TPSA) is 101 Å². The zero-order chi connectivity index (χ0) is 22.6. The van der Waals surface area contributed by atoms with Crippen LogP contribution in [0, 0.1) is 0 Å². The molecule has 31 heavy (non-hydrogen) atoms. The van der Waals surface area contributed by atoms with Crippen molar-refractivity contribution in [1.29, 1.82) is 0 Å². The number of sulfonamides is 1. The Bertz CT molecular complexity index is 1170. The first-order valence-electron chi connectivity index (χ1n) is 9.94. The van der Waals surface area contributed by atoms with Crippen LogP contribution in [0.1, 0.15) is 31.2 Å². The molecule has 3 aromatic rings. The minimum atomic E-state index is -3.61. The normalized spacial score (nSPS) is 12.7. The van der Waals surface area contributed by atoms with Crippen LogP contribution >= 0.6 is 0 Å². The number of carbonyl (C=O) groups is 1. The molecule has 2 amide bonds. The lowest BCUT2D eigenvalue weighted by atomic mass is 10.2. The summed E-state index contributed by atoms with van der Waals surface area (Å²) in [5.41, 5.74) is 1.14. The quantitative estimate of drug-likeness (QED) is 0.551. The van der Waals surface area contributed by atoms with E-state index in [4.69, 9.17) is 9.15 Å². The third-order valence-corrected chi connectivity index (χ3v) is 6.69. The van der Waals surface area contributed by atoms with Crippen LogP contribution in [-0.4, -0.2) is 39.5 Å². The minimum Gasteiger partial charge on any atom is -0.490 e. The summed E-state index contributed by atoms with van der Waals surface area (Å²) in [4.78, 5) is 12.6. The number of benzene rings is 2. The van der Waals surface area contributed by atoms with Gasteiger partial charge in [-0.15, -0.1) is 0 Å². The van der Waals surface area contributed by atoms with Gasteiger partial charge in [0.2, 0.25) is 10.0 Å². The molecule has 0 aliphatic carbocycles. The molecule has 8 nitrogen and oxygen atoms in total. The van der Waals surface area contributed by atoms with Crippen molar-refractivity contribution in [3.05, 3.63) is 59.9 Å². The molecule has 2 aromatic carbocycles. The van der Waals surface area contributed by atoms with E-state index in [1.165, 1.54) is 20.2 Å². The molecule has 9 heteroatoms. The Morgan fingerprint density at radius 3 is 2.61 bits per heavy atom. The second-order valence-corrected chi connectivity index (χ2v) is 9.32. The van der Waals surface area contributed by atoms with E-state index >= 15 is 0 Å². The molecule has 0 saturated heterocycles. The van der Waals surface area contributed by atoms with Gasteiger partial charge in [0.1, 0.15) is 5.76 Å². The van der Waals surface area contributed by atoms with Gasteiger partial charge in [-0.2, -0.15) is 0 Å². The number of hydrogen-bond donors (Lipinski definition) is 2. The monoisotopic (exact) mass is 445 g/mol. The molecule has 2 N–H and O–H groups in total. The standard InChI is InChI=1S/C22H27N3O5S/c1-5-29-18-11-8-10-16-13-19(30-21(16)18)15(2)24-22(26)23-14-17-9-6-7-12-20(17)31(27,28)25(3)4/h6-13,15H,5,14H2,1-4H3,(H2,23,24,26). The Labute approximate surface area is 182 Å². The molecule has 1 heterocycles. The van der Waals surface area contributed by atoms with E-state index in [2.05, 4.69) is 10.6 Å². The number of ether oxygens (including phenoxy) is 1. The smallest absolute Gasteiger partial charge is 0.315 e. The summed E-state index contributed by atoms with van der Waals surface area (Å²) >= 11 is 0.